The molecule has 1 saturated heterocycles. The zero-order chi connectivity index (χ0) is 14.8. The average Bonchev–Trinajstić information content (AvgIpc) is 3.13. The lowest BCUT2D eigenvalue weighted by Crippen LogP contribution is -2.39. The molecule has 1 unspecified atom stereocenters. The first-order chi connectivity index (χ1) is 10.2. The third-order valence-electron chi connectivity index (χ3n) is 3.92. The van der Waals surface area contributed by atoms with E-state index in [-0.39, 0.29) is 11.9 Å². The van der Waals surface area contributed by atoms with Gasteiger partial charge in [-0.15, -0.1) is 11.3 Å². The topological polar surface area (TPSA) is 59.2 Å². The van der Waals surface area contributed by atoms with Gasteiger partial charge in [-0.3, -0.25) is 4.79 Å². The number of amides is 1. The van der Waals surface area contributed by atoms with Gasteiger partial charge >= 0.3 is 0 Å². The third kappa shape index (κ3) is 2.71. The highest BCUT2D eigenvalue weighted by Gasteiger charge is 2.30. The summed E-state index contributed by atoms with van der Waals surface area (Å²) >= 11 is 1.48. The second-order valence-corrected chi connectivity index (χ2v) is 6.33. The average molecular weight is 301 g/mol. The van der Waals surface area contributed by atoms with Crippen LogP contribution in [0.25, 0.3) is 10.6 Å². The van der Waals surface area contributed by atoms with E-state index in [0.29, 0.717) is 6.54 Å². The molecule has 110 valence electrons. The van der Waals surface area contributed by atoms with Crippen molar-refractivity contribution in [3.05, 3.63) is 40.9 Å². The molecule has 2 aromatic rings. The van der Waals surface area contributed by atoms with Crippen LogP contribution in [0.2, 0.25) is 0 Å². The van der Waals surface area contributed by atoms with Crippen LogP contribution in [0.1, 0.15) is 28.2 Å². The minimum absolute atomic E-state index is 0.0835. The molecule has 3 rings (SSSR count). The fourth-order valence-corrected chi connectivity index (χ4v) is 3.81. The molecule has 1 aromatic carbocycles. The van der Waals surface area contributed by atoms with E-state index in [1.807, 2.05) is 42.2 Å². The molecule has 1 aliphatic heterocycles. The quantitative estimate of drug-likeness (QED) is 0.948. The molecule has 4 nitrogen and oxygen atoms in total. The van der Waals surface area contributed by atoms with Crippen LogP contribution in [-0.4, -0.2) is 34.9 Å². The number of aromatic nitrogens is 1. The van der Waals surface area contributed by atoms with Crippen molar-refractivity contribution in [3.63, 3.8) is 0 Å². The van der Waals surface area contributed by atoms with Gasteiger partial charge in [0.2, 0.25) is 0 Å². The van der Waals surface area contributed by atoms with Crippen molar-refractivity contribution >= 4 is 17.2 Å². The van der Waals surface area contributed by atoms with Crippen LogP contribution in [0.15, 0.2) is 30.3 Å². The summed E-state index contributed by atoms with van der Waals surface area (Å²) in [6.45, 7) is 3.25. The first-order valence-corrected chi connectivity index (χ1v) is 8.06. The molecule has 0 radical (unpaired) electrons. The molecule has 0 spiro atoms. The van der Waals surface area contributed by atoms with E-state index in [4.69, 9.17) is 5.73 Å². The van der Waals surface area contributed by atoms with Crippen molar-refractivity contribution in [1.82, 2.24) is 9.88 Å². The summed E-state index contributed by atoms with van der Waals surface area (Å²) in [6.07, 6.45) is 2.04. The van der Waals surface area contributed by atoms with E-state index in [1.165, 1.54) is 11.3 Å². The smallest absolute Gasteiger partial charge is 0.266 e. The van der Waals surface area contributed by atoms with Gasteiger partial charge in [0.1, 0.15) is 9.88 Å². The maximum atomic E-state index is 12.7. The zero-order valence-electron chi connectivity index (χ0n) is 12.1. The number of carbonyl (C=O) groups excluding carboxylic acids is 1. The lowest BCUT2D eigenvalue weighted by molar-refractivity contribution is 0.0745. The zero-order valence-corrected chi connectivity index (χ0v) is 12.9. The Balaban J connectivity index is 1.89. The van der Waals surface area contributed by atoms with Crippen molar-refractivity contribution in [2.24, 2.45) is 5.73 Å². The fraction of sp³-hybridized carbons (Fsp3) is 0.375. The van der Waals surface area contributed by atoms with Crippen molar-refractivity contribution in [1.29, 1.82) is 0 Å². The first-order valence-electron chi connectivity index (χ1n) is 7.24. The number of nitrogens with zero attached hydrogens (tertiary/aromatic N) is 2. The third-order valence-corrected chi connectivity index (χ3v) is 5.12. The highest BCUT2D eigenvalue weighted by Crippen LogP contribution is 2.30. The van der Waals surface area contributed by atoms with E-state index in [0.717, 1.165) is 40.5 Å². The Morgan fingerprint density at radius 2 is 2.19 bits per heavy atom. The molecule has 1 amide bonds. The van der Waals surface area contributed by atoms with Crippen molar-refractivity contribution in [2.45, 2.75) is 25.8 Å². The standard InChI is InChI=1S/C16H19N3OS/c1-11-14(16(20)19-9-5-8-13(19)10-17)21-15(18-11)12-6-3-2-4-7-12/h2-4,6-7,13H,5,8-10,17H2,1H3. The van der Waals surface area contributed by atoms with Crippen molar-refractivity contribution in [3.8, 4) is 10.6 Å². The molecule has 0 saturated carbocycles. The largest absolute Gasteiger partial charge is 0.334 e. The van der Waals surface area contributed by atoms with Crippen LogP contribution in [0.4, 0.5) is 0 Å². The Labute approximate surface area is 128 Å². The molecule has 2 N–H and O–H groups in total. The van der Waals surface area contributed by atoms with Crippen LogP contribution >= 0.6 is 11.3 Å². The maximum Gasteiger partial charge on any atom is 0.266 e. The molecule has 1 aromatic heterocycles. The highest BCUT2D eigenvalue weighted by atomic mass is 32.1. The Morgan fingerprint density at radius 1 is 1.43 bits per heavy atom. The monoisotopic (exact) mass is 301 g/mol. The number of nitrogens with two attached hydrogens (primary N) is 1. The molecule has 1 fully saturated rings. The molecule has 1 aliphatic rings. The van der Waals surface area contributed by atoms with Gasteiger partial charge in [0.05, 0.1) is 5.69 Å². The van der Waals surface area contributed by atoms with E-state index < -0.39 is 0 Å². The summed E-state index contributed by atoms with van der Waals surface area (Å²) in [7, 11) is 0. The first kappa shape index (κ1) is 14.2. The van der Waals surface area contributed by atoms with Gasteiger partial charge in [-0.1, -0.05) is 30.3 Å². The van der Waals surface area contributed by atoms with Gasteiger partial charge < -0.3 is 10.6 Å². The number of aryl methyl sites for hydroxylation is 1. The van der Waals surface area contributed by atoms with Crippen molar-refractivity contribution < 1.29 is 4.79 Å². The SMILES string of the molecule is Cc1nc(-c2ccccc2)sc1C(=O)N1CCCC1CN. The molecular weight excluding hydrogens is 282 g/mol. The van der Waals surface area contributed by atoms with Crippen LogP contribution < -0.4 is 5.73 Å². The van der Waals surface area contributed by atoms with Crippen LogP contribution in [0.5, 0.6) is 0 Å². The van der Waals surface area contributed by atoms with E-state index in [2.05, 4.69) is 4.98 Å². The summed E-state index contributed by atoms with van der Waals surface area (Å²) in [4.78, 5) is 19.9. The minimum atomic E-state index is 0.0835. The normalized spacial score (nSPS) is 18.2. The predicted molar refractivity (Wildman–Crippen MR) is 85.4 cm³/mol. The summed E-state index contributed by atoms with van der Waals surface area (Å²) in [5, 5.41) is 0.903. The summed E-state index contributed by atoms with van der Waals surface area (Å²) in [5.74, 6) is 0.0835. The van der Waals surface area contributed by atoms with Crippen LogP contribution in [0, 0.1) is 6.92 Å². The molecule has 1 atom stereocenters. The van der Waals surface area contributed by atoms with Crippen molar-refractivity contribution in [2.75, 3.05) is 13.1 Å². The Hall–Kier alpha value is -1.72. The minimum Gasteiger partial charge on any atom is -0.334 e. The van der Waals surface area contributed by atoms with Gasteiger partial charge in [0.15, 0.2) is 0 Å². The lowest BCUT2D eigenvalue weighted by Gasteiger charge is -2.22. The Morgan fingerprint density at radius 3 is 2.90 bits per heavy atom. The summed E-state index contributed by atoms with van der Waals surface area (Å²) < 4.78 is 0. The number of rotatable bonds is 3. The number of carbonyl (C=O) groups is 1. The molecular formula is C16H19N3OS. The molecule has 0 aliphatic carbocycles. The van der Waals surface area contributed by atoms with Crippen LogP contribution in [-0.2, 0) is 0 Å². The lowest BCUT2D eigenvalue weighted by atomic mass is 10.2. The Kier molecular flexibility index (Phi) is 4.03. The van der Waals surface area contributed by atoms with Gasteiger partial charge in [-0.05, 0) is 19.8 Å². The second-order valence-electron chi connectivity index (χ2n) is 5.33. The molecule has 2 heterocycles. The van der Waals surface area contributed by atoms with E-state index in [1.54, 1.807) is 0 Å². The molecule has 5 heteroatoms. The Bertz CT molecular complexity index is 638. The van der Waals surface area contributed by atoms with E-state index in [9.17, 15) is 4.79 Å². The summed E-state index contributed by atoms with van der Waals surface area (Å²) in [5.41, 5.74) is 7.64. The number of benzene rings is 1. The maximum absolute atomic E-state index is 12.7. The van der Waals surface area contributed by atoms with Gasteiger partial charge in [0.25, 0.3) is 5.91 Å². The second kappa shape index (κ2) is 5.95. The summed E-state index contributed by atoms with van der Waals surface area (Å²) in [6, 6.07) is 10.2. The van der Waals surface area contributed by atoms with Gasteiger partial charge in [-0.25, -0.2) is 4.98 Å². The van der Waals surface area contributed by atoms with Gasteiger partial charge in [0, 0.05) is 24.7 Å². The highest BCUT2D eigenvalue weighted by molar-refractivity contribution is 7.17. The fourth-order valence-electron chi connectivity index (χ4n) is 2.78. The van der Waals surface area contributed by atoms with E-state index >= 15 is 0 Å². The van der Waals surface area contributed by atoms with Crippen LogP contribution in [0.3, 0.4) is 0 Å². The molecule has 0 bridgehead atoms. The van der Waals surface area contributed by atoms with Gasteiger partial charge in [-0.2, -0.15) is 0 Å². The number of hydrogen-bond acceptors (Lipinski definition) is 4. The number of hydrogen-bond donors (Lipinski definition) is 1. The predicted octanol–water partition coefficient (Wildman–Crippen LogP) is 2.68. The number of thiazole rings is 1. The molecule has 21 heavy (non-hydrogen) atoms. The number of likely N-dealkylation sites (tertiary alicyclic amines) is 1.